The number of nitrogens with zero attached hydrogens (tertiary/aromatic N) is 2. The van der Waals surface area contributed by atoms with E-state index in [4.69, 9.17) is 0 Å². The third-order valence-corrected chi connectivity index (χ3v) is 4.79. The molecule has 1 aromatic rings. The third-order valence-electron chi connectivity index (χ3n) is 4.35. The highest BCUT2D eigenvalue weighted by atomic mass is 79.9. The SMILES string of the molecule is CC(NCCN(CC1CC1)C1CC1)c1nc(Br)ccc1F. The lowest BCUT2D eigenvalue weighted by atomic mass is 10.2. The molecule has 3 nitrogen and oxygen atoms in total. The van der Waals surface area contributed by atoms with Gasteiger partial charge in [-0.05, 0) is 66.6 Å². The summed E-state index contributed by atoms with van der Waals surface area (Å²) in [5.74, 6) is 0.697. The first-order valence-electron chi connectivity index (χ1n) is 7.93. The molecule has 1 unspecified atom stereocenters. The summed E-state index contributed by atoms with van der Waals surface area (Å²) >= 11 is 3.30. The fourth-order valence-electron chi connectivity index (χ4n) is 2.75. The number of rotatable bonds is 8. The van der Waals surface area contributed by atoms with E-state index in [2.05, 4.69) is 31.1 Å². The first-order chi connectivity index (χ1) is 10.1. The second-order valence-electron chi connectivity index (χ2n) is 6.35. The number of hydrogen-bond donors (Lipinski definition) is 1. The van der Waals surface area contributed by atoms with E-state index in [1.165, 1.54) is 38.3 Å². The highest BCUT2D eigenvalue weighted by molar-refractivity contribution is 9.10. The molecule has 0 spiro atoms. The Balaban J connectivity index is 1.48. The van der Waals surface area contributed by atoms with E-state index in [0.29, 0.717) is 10.3 Å². The van der Waals surface area contributed by atoms with E-state index < -0.39 is 0 Å². The topological polar surface area (TPSA) is 28.2 Å². The third kappa shape index (κ3) is 4.47. The van der Waals surface area contributed by atoms with E-state index in [1.807, 2.05) is 6.92 Å². The van der Waals surface area contributed by atoms with Gasteiger partial charge >= 0.3 is 0 Å². The Hall–Kier alpha value is -0.520. The lowest BCUT2D eigenvalue weighted by Crippen LogP contribution is -2.36. The number of nitrogens with one attached hydrogen (secondary N) is 1. The van der Waals surface area contributed by atoms with Crippen LogP contribution in [0.5, 0.6) is 0 Å². The molecule has 2 fully saturated rings. The minimum Gasteiger partial charge on any atom is -0.307 e. The second-order valence-corrected chi connectivity index (χ2v) is 7.16. The Morgan fingerprint density at radius 1 is 1.38 bits per heavy atom. The summed E-state index contributed by atoms with van der Waals surface area (Å²) in [6.07, 6.45) is 5.51. The molecule has 3 rings (SSSR count). The predicted molar refractivity (Wildman–Crippen MR) is 85.6 cm³/mol. The minimum absolute atomic E-state index is 0.0653. The second kappa shape index (κ2) is 6.71. The molecule has 0 bridgehead atoms. The monoisotopic (exact) mass is 355 g/mol. The van der Waals surface area contributed by atoms with Crippen molar-refractivity contribution < 1.29 is 4.39 Å². The van der Waals surface area contributed by atoms with E-state index in [0.717, 1.165) is 25.0 Å². The van der Waals surface area contributed by atoms with Gasteiger partial charge in [-0.3, -0.25) is 4.90 Å². The van der Waals surface area contributed by atoms with Crippen molar-refractivity contribution in [3.8, 4) is 0 Å². The van der Waals surface area contributed by atoms with Crippen molar-refractivity contribution in [2.75, 3.05) is 19.6 Å². The zero-order valence-electron chi connectivity index (χ0n) is 12.5. The Bertz CT molecular complexity index is 488. The average molecular weight is 356 g/mol. The van der Waals surface area contributed by atoms with Crippen LogP contribution in [0.2, 0.25) is 0 Å². The van der Waals surface area contributed by atoms with Gasteiger partial charge < -0.3 is 5.32 Å². The lowest BCUT2D eigenvalue weighted by molar-refractivity contribution is 0.249. The van der Waals surface area contributed by atoms with Gasteiger partial charge in [0.15, 0.2) is 0 Å². The molecule has 1 N–H and O–H groups in total. The van der Waals surface area contributed by atoms with Crippen LogP contribution in [-0.4, -0.2) is 35.6 Å². The summed E-state index contributed by atoms with van der Waals surface area (Å²) < 4.78 is 14.5. The molecule has 0 saturated heterocycles. The first-order valence-corrected chi connectivity index (χ1v) is 8.72. The van der Waals surface area contributed by atoms with Crippen molar-refractivity contribution in [3.63, 3.8) is 0 Å². The lowest BCUT2D eigenvalue weighted by Gasteiger charge is -2.23. The maximum atomic E-state index is 13.8. The molecule has 5 heteroatoms. The summed E-state index contributed by atoms with van der Waals surface area (Å²) in [7, 11) is 0. The molecule has 1 aromatic heterocycles. The summed E-state index contributed by atoms with van der Waals surface area (Å²) in [4.78, 5) is 6.85. The van der Waals surface area contributed by atoms with Crippen LogP contribution in [-0.2, 0) is 0 Å². The van der Waals surface area contributed by atoms with Crippen molar-refractivity contribution in [1.29, 1.82) is 0 Å². The highest BCUT2D eigenvalue weighted by Crippen LogP contribution is 2.34. The summed E-state index contributed by atoms with van der Waals surface area (Å²) in [6, 6.07) is 3.84. The average Bonchev–Trinajstić information content (AvgIpc) is 3.33. The molecule has 2 aliphatic carbocycles. The maximum absolute atomic E-state index is 13.8. The smallest absolute Gasteiger partial charge is 0.146 e. The molecular weight excluding hydrogens is 333 g/mol. The normalized spacial score (nSPS) is 20.0. The van der Waals surface area contributed by atoms with Gasteiger partial charge in [-0.1, -0.05) is 0 Å². The zero-order chi connectivity index (χ0) is 14.8. The number of pyridine rings is 1. The van der Waals surface area contributed by atoms with Gasteiger partial charge in [0.05, 0.1) is 5.69 Å². The van der Waals surface area contributed by atoms with Gasteiger partial charge in [0, 0.05) is 31.7 Å². The van der Waals surface area contributed by atoms with Gasteiger partial charge in [0.2, 0.25) is 0 Å². The largest absolute Gasteiger partial charge is 0.307 e. The van der Waals surface area contributed by atoms with Gasteiger partial charge in [-0.2, -0.15) is 0 Å². The van der Waals surface area contributed by atoms with Crippen LogP contribution in [0.15, 0.2) is 16.7 Å². The highest BCUT2D eigenvalue weighted by Gasteiger charge is 2.33. The molecule has 0 radical (unpaired) electrons. The van der Waals surface area contributed by atoms with E-state index >= 15 is 0 Å². The summed E-state index contributed by atoms with van der Waals surface area (Å²) in [6.45, 7) is 5.17. The van der Waals surface area contributed by atoms with Crippen LogP contribution in [0, 0.1) is 11.7 Å². The molecule has 21 heavy (non-hydrogen) atoms. The quantitative estimate of drug-likeness (QED) is 0.723. The standard InChI is InChI=1S/C16H23BrFN3/c1-11(16-14(18)6-7-15(17)20-16)19-8-9-21(13-4-5-13)10-12-2-3-12/h6-7,11-13,19H,2-5,8-10H2,1H3. The van der Waals surface area contributed by atoms with Gasteiger partial charge in [-0.25, -0.2) is 9.37 Å². The molecule has 0 aliphatic heterocycles. The molecule has 2 aliphatic rings. The minimum atomic E-state index is -0.241. The van der Waals surface area contributed by atoms with Crippen molar-refractivity contribution in [2.24, 2.45) is 5.92 Å². The Morgan fingerprint density at radius 3 is 2.81 bits per heavy atom. The van der Waals surface area contributed by atoms with E-state index in [1.54, 1.807) is 6.07 Å². The molecule has 116 valence electrons. The zero-order valence-corrected chi connectivity index (χ0v) is 14.1. The molecule has 0 amide bonds. The van der Waals surface area contributed by atoms with Crippen molar-refractivity contribution >= 4 is 15.9 Å². The fraction of sp³-hybridized carbons (Fsp3) is 0.688. The number of hydrogen-bond acceptors (Lipinski definition) is 3. The van der Waals surface area contributed by atoms with Crippen LogP contribution in [0.3, 0.4) is 0 Å². The molecular formula is C16H23BrFN3. The maximum Gasteiger partial charge on any atom is 0.146 e. The van der Waals surface area contributed by atoms with Crippen LogP contribution in [0.1, 0.15) is 44.3 Å². The number of halogens is 2. The van der Waals surface area contributed by atoms with E-state index in [-0.39, 0.29) is 11.9 Å². The van der Waals surface area contributed by atoms with Gasteiger partial charge in [0.25, 0.3) is 0 Å². The van der Waals surface area contributed by atoms with Crippen LogP contribution < -0.4 is 5.32 Å². The summed E-state index contributed by atoms with van der Waals surface area (Å²) in [5, 5.41) is 3.41. The fourth-order valence-corrected chi connectivity index (χ4v) is 3.08. The molecule has 2 saturated carbocycles. The van der Waals surface area contributed by atoms with Gasteiger partial charge in [0.1, 0.15) is 10.4 Å². The van der Waals surface area contributed by atoms with Crippen LogP contribution >= 0.6 is 15.9 Å². The number of aromatic nitrogens is 1. The first kappa shape index (κ1) is 15.4. The Labute approximate surface area is 134 Å². The van der Waals surface area contributed by atoms with Crippen LogP contribution in [0.4, 0.5) is 4.39 Å². The molecule has 0 aromatic carbocycles. The van der Waals surface area contributed by atoms with Crippen LogP contribution in [0.25, 0.3) is 0 Å². The Kier molecular flexibility index (Phi) is 4.92. The van der Waals surface area contributed by atoms with E-state index in [9.17, 15) is 4.39 Å². The molecule has 1 atom stereocenters. The van der Waals surface area contributed by atoms with Crippen molar-refractivity contribution in [1.82, 2.24) is 15.2 Å². The predicted octanol–water partition coefficient (Wildman–Crippen LogP) is 3.51. The van der Waals surface area contributed by atoms with Crippen molar-refractivity contribution in [2.45, 2.75) is 44.7 Å². The Morgan fingerprint density at radius 2 is 2.14 bits per heavy atom. The molecule has 1 heterocycles. The summed E-state index contributed by atoms with van der Waals surface area (Å²) in [5.41, 5.74) is 0.490. The van der Waals surface area contributed by atoms with Crippen molar-refractivity contribution in [3.05, 3.63) is 28.2 Å². The van der Waals surface area contributed by atoms with Gasteiger partial charge in [-0.15, -0.1) is 0 Å².